The molecule has 2 rings (SSSR count). The van der Waals surface area contributed by atoms with Gasteiger partial charge in [-0.15, -0.1) is 10.2 Å². The van der Waals surface area contributed by atoms with Crippen LogP contribution >= 0.6 is 27.5 Å². The third-order valence-corrected chi connectivity index (χ3v) is 3.54. The summed E-state index contributed by atoms with van der Waals surface area (Å²) in [5.41, 5.74) is 1.13. The lowest BCUT2D eigenvalue weighted by molar-refractivity contribution is 0.103. The Morgan fingerprint density at radius 1 is 1.41 bits per heavy atom. The van der Waals surface area contributed by atoms with E-state index in [4.69, 9.17) is 0 Å². The van der Waals surface area contributed by atoms with Crippen LogP contribution in [0.2, 0.25) is 0 Å². The van der Waals surface area contributed by atoms with Gasteiger partial charge >= 0.3 is 0 Å². The van der Waals surface area contributed by atoms with Crippen LogP contribution in [0, 0.1) is 0 Å². The van der Waals surface area contributed by atoms with Gasteiger partial charge in [0.2, 0.25) is 5.78 Å². The highest BCUT2D eigenvalue weighted by Gasteiger charge is 2.25. The Hall–Kier alpha value is -1.15. The highest BCUT2D eigenvalue weighted by atomic mass is 79.9. The average Bonchev–Trinajstić information content (AvgIpc) is 2.85. The van der Waals surface area contributed by atoms with Crippen LogP contribution in [0.1, 0.15) is 40.8 Å². The summed E-state index contributed by atoms with van der Waals surface area (Å²) in [5.74, 6) is 0.00994. The first-order chi connectivity index (χ1) is 8.02. The van der Waals surface area contributed by atoms with E-state index in [1.807, 2.05) is 13.8 Å². The molecule has 0 aromatic carbocycles. The molecule has 0 bridgehead atoms. The predicted octanol–water partition coefficient (Wildman–Crippen LogP) is 1.78. The molecule has 90 valence electrons. The monoisotopic (exact) mass is 315 g/mol. The van der Waals surface area contributed by atoms with Crippen molar-refractivity contribution in [2.24, 2.45) is 7.05 Å². The van der Waals surface area contributed by atoms with Crippen molar-refractivity contribution in [3.05, 3.63) is 20.9 Å². The zero-order valence-electron chi connectivity index (χ0n) is 9.51. The summed E-state index contributed by atoms with van der Waals surface area (Å²) in [6, 6.07) is 0. The lowest BCUT2D eigenvalue weighted by Crippen LogP contribution is -2.10. The van der Waals surface area contributed by atoms with Gasteiger partial charge in [-0.2, -0.15) is 0 Å². The van der Waals surface area contributed by atoms with Crippen molar-refractivity contribution in [3.63, 3.8) is 0 Å². The third kappa shape index (κ3) is 2.14. The predicted molar refractivity (Wildman–Crippen MR) is 66.1 cm³/mol. The van der Waals surface area contributed by atoms with Gasteiger partial charge in [-0.1, -0.05) is 23.5 Å². The second-order valence-electron chi connectivity index (χ2n) is 3.82. The van der Waals surface area contributed by atoms with Crippen molar-refractivity contribution in [2.75, 3.05) is 0 Å². The van der Waals surface area contributed by atoms with E-state index < -0.39 is 0 Å². The van der Waals surface area contributed by atoms with Crippen LogP contribution in [0.25, 0.3) is 0 Å². The van der Waals surface area contributed by atoms with Gasteiger partial charge in [0, 0.05) is 7.05 Å². The molecule has 2 aromatic heterocycles. The first kappa shape index (κ1) is 12.3. The number of aromatic nitrogens is 5. The van der Waals surface area contributed by atoms with E-state index in [9.17, 15) is 4.79 Å². The maximum absolute atomic E-state index is 12.3. The van der Waals surface area contributed by atoms with E-state index in [1.54, 1.807) is 7.05 Å². The van der Waals surface area contributed by atoms with Crippen LogP contribution in [-0.2, 0) is 7.05 Å². The summed E-state index contributed by atoms with van der Waals surface area (Å²) < 4.78 is 5.72. The number of hydrogen-bond acceptors (Lipinski definition) is 6. The Labute approximate surface area is 110 Å². The number of nitrogens with zero attached hydrogens (tertiary/aromatic N) is 5. The molecule has 0 fully saturated rings. The molecular formula is C9H10BrN5OS. The van der Waals surface area contributed by atoms with E-state index in [-0.39, 0.29) is 11.7 Å². The molecule has 0 radical (unpaired) electrons. The number of hydrogen-bond donors (Lipinski definition) is 0. The van der Waals surface area contributed by atoms with Crippen molar-refractivity contribution in [1.82, 2.24) is 24.6 Å². The van der Waals surface area contributed by atoms with Crippen LogP contribution in [0.5, 0.6) is 0 Å². The SMILES string of the molecule is CC(C)c1nnsc1C(=O)c1c(Br)nnn1C. The Morgan fingerprint density at radius 3 is 2.65 bits per heavy atom. The molecule has 0 amide bonds. The first-order valence-corrected chi connectivity index (χ1v) is 6.51. The number of carbonyl (C=O) groups is 1. The van der Waals surface area contributed by atoms with Crippen LogP contribution in [0.3, 0.4) is 0 Å². The van der Waals surface area contributed by atoms with Crippen LogP contribution < -0.4 is 0 Å². The van der Waals surface area contributed by atoms with E-state index in [0.29, 0.717) is 20.9 Å². The molecule has 8 heteroatoms. The van der Waals surface area contributed by atoms with Gasteiger partial charge in [-0.25, -0.2) is 4.68 Å². The topological polar surface area (TPSA) is 73.6 Å². The highest BCUT2D eigenvalue weighted by molar-refractivity contribution is 9.10. The second-order valence-corrected chi connectivity index (χ2v) is 5.33. The molecule has 6 nitrogen and oxygen atoms in total. The smallest absolute Gasteiger partial charge is 0.227 e. The van der Waals surface area contributed by atoms with Gasteiger partial charge in [-0.05, 0) is 33.4 Å². The third-order valence-electron chi connectivity index (χ3n) is 2.27. The van der Waals surface area contributed by atoms with Gasteiger partial charge in [0.05, 0.1) is 5.69 Å². The molecule has 0 aliphatic rings. The summed E-state index contributed by atoms with van der Waals surface area (Å²) in [5, 5.41) is 11.6. The molecule has 0 spiro atoms. The van der Waals surface area contributed by atoms with E-state index in [1.165, 1.54) is 4.68 Å². The molecule has 0 aliphatic heterocycles. The van der Waals surface area contributed by atoms with Crippen LogP contribution in [-0.4, -0.2) is 30.4 Å². The highest BCUT2D eigenvalue weighted by Crippen LogP contribution is 2.24. The lowest BCUT2D eigenvalue weighted by atomic mass is 10.1. The minimum atomic E-state index is -0.150. The quantitative estimate of drug-likeness (QED) is 0.807. The Morgan fingerprint density at radius 2 is 2.12 bits per heavy atom. The molecule has 0 atom stereocenters. The number of halogens is 1. The standard InChI is InChI=1S/C9H10BrN5OS/c1-4(2)5-8(17-14-11-5)7(16)6-9(10)12-13-15(6)3/h4H,1-3H3. The summed E-state index contributed by atoms with van der Waals surface area (Å²) in [7, 11) is 1.68. The molecule has 2 heterocycles. The number of aryl methyl sites for hydroxylation is 1. The molecule has 0 unspecified atom stereocenters. The van der Waals surface area contributed by atoms with Gasteiger partial charge in [0.1, 0.15) is 10.6 Å². The Bertz CT molecular complexity index is 542. The van der Waals surface area contributed by atoms with Crippen molar-refractivity contribution < 1.29 is 4.79 Å². The van der Waals surface area contributed by atoms with Gasteiger partial charge in [0.25, 0.3) is 0 Å². The summed E-state index contributed by atoms with van der Waals surface area (Å²) in [6.07, 6.45) is 0. The Balaban J connectivity index is 2.48. The minimum absolute atomic E-state index is 0.150. The maximum atomic E-state index is 12.3. The summed E-state index contributed by atoms with van der Waals surface area (Å²) in [4.78, 5) is 12.9. The van der Waals surface area contributed by atoms with Gasteiger partial charge < -0.3 is 0 Å². The fourth-order valence-corrected chi connectivity index (χ4v) is 2.68. The minimum Gasteiger partial charge on any atom is -0.286 e. The molecular weight excluding hydrogens is 306 g/mol. The van der Waals surface area contributed by atoms with Crippen molar-refractivity contribution in [1.29, 1.82) is 0 Å². The van der Waals surface area contributed by atoms with Crippen LogP contribution in [0.4, 0.5) is 0 Å². The number of carbonyl (C=O) groups excluding carboxylic acids is 1. The second kappa shape index (κ2) is 4.61. The fourth-order valence-electron chi connectivity index (χ4n) is 1.41. The molecule has 0 saturated carbocycles. The van der Waals surface area contributed by atoms with Gasteiger partial charge in [0.15, 0.2) is 4.60 Å². The number of rotatable bonds is 3. The van der Waals surface area contributed by atoms with Crippen molar-refractivity contribution in [2.45, 2.75) is 19.8 Å². The number of ketones is 1. The molecule has 0 aliphatic carbocycles. The first-order valence-electron chi connectivity index (χ1n) is 4.94. The van der Waals surface area contributed by atoms with E-state index >= 15 is 0 Å². The lowest BCUT2D eigenvalue weighted by Gasteiger charge is -2.03. The van der Waals surface area contributed by atoms with E-state index in [2.05, 4.69) is 35.8 Å². The molecule has 17 heavy (non-hydrogen) atoms. The molecule has 0 N–H and O–H groups in total. The average molecular weight is 316 g/mol. The zero-order valence-corrected chi connectivity index (χ0v) is 11.9. The van der Waals surface area contributed by atoms with Crippen molar-refractivity contribution >= 4 is 33.2 Å². The largest absolute Gasteiger partial charge is 0.286 e. The van der Waals surface area contributed by atoms with Crippen LogP contribution in [0.15, 0.2) is 4.60 Å². The summed E-state index contributed by atoms with van der Waals surface area (Å²) >= 11 is 4.31. The molecule has 0 saturated heterocycles. The Kier molecular flexibility index (Phi) is 3.34. The summed E-state index contributed by atoms with van der Waals surface area (Å²) in [6.45, 7) is 3.95. The normalized spacial score (nSPS) is 11.1. The fraction of sp³-hybridized carbons (Fsp3) is 0.444. The van der Waals surface area contributed by atoms with Crippen molar-refractivity contribution in [3.8, 4) is 0 Å². The van der Waals surface area contributed by atoms with E-state index in [0.717, 1.165) is 11.5 Å². The maximum Gasteiger partial charge on any atom is 0.227 e. The molecule has 2 aromatic rings. The zero-order chi connectivity index (χ0) is 12.6. The van der Waals surface area contributed by atoms with Gasteiger partial charge in [-0.3, -0.25) is 4.79 Å².